The summed E-state index contributed by atoms with van der Waals surface area (Å²) in [5.41, 5.74) is 6.49. The monoisotopic (exact) mass is 312 g/mol. The fraction of sp³-hybridized carbons (Fsp3) is 0.333. The molecule has 23 heavy (non-hydrogen) atoms. The topological polar surface area (TPSA) is 60.3 Å². The average Bonchev–Trinajstić information content (AvgIpc) is 2.85. The fourth-order valence-electron chi connectivity index (χ4n) is 2.83. The number of carbonyl (C=O) groups excluding carboxylic acids is 2. The Bertz CT molecular complexity index is 802. The van der Waals surface area contributed by atoms with Crippen LogP contribution in [0, 0.1) is 6.92 Å². The van der Waals surface area contributed by atoms with Gasteiger partial charge in [0.05, 0.1) is 12.1 Å². The highest BCUT2D eigenvalue weighted by Crippen LogP contribution is 2.23. The van der Waals surface area contributed by atoms with Gasteiger partial charge in [0.1, 0.15) is 5.69 Å². The van der Waals surface area contributed by atoms with E-state index in [9.17, 15) is 9.59 Å². The minimum absolute atomic E-state index is 0.115. The molecule has 0 saturated carbocycles. The van der Waals surface area contributed by atoms with Crippen molar-refractivity contribution in [1.82, 2.24) is 4.68 Å². The number of hydrogen-bond donors (Lipinski definition) is 1. The molecule has 0 saturated heterocycles. The number of aryl methyl sites for hydroxylation is 1. The zero-order chi connectivity index (χ0) is 16.4. The lowest BCUT2D eigenvalue weighted by atomic mass is 10.0. The summed E-state index contributed by atoms with van der Waals surface area (Å²) in [6.45, 7) is 4.11. The third kappa shape index (κ3) is 3.13. The van der Waals surface area contributed by atoms with Crippen molar-refractivity contribution in [3.8, 4) is 0 Å². The largest absolute Gasteiger partial charge is 0.461 e. The van der Waals surface area contributed by atoms with Gasteiger partial charge in [-0.05, 0) is 44.9 Å². The second-order valence-corrected chi connectivity index (χ2v) is 5.75. The number of allylic oxidation sites excluding steroid dienone is 2. The minimum Gasteiger partial charge on any atom is -0.461 e. The molecular weight excluding hydrogens is 292 g/mol. The molecule has 0 amide bonds. The van der Waals surface area contributed by atoms with Gasteiger partial charge in [0.2, 0.25) is 0 Å². The van der Waals surface area contributed by atoms with E-state index in [2.05, 4.69) is 5.43 Å². The molecule has 120 valence electrons. The Kier molecular flexibility index (Phi) is 4.19. The van der Waals surface area contributed by atoms with Crippen LogP contribution < -0.4 is 5.43 Å². The van der Waals surface area contributed by atoms with Crippen molar-refractivity contribution >= 4 is 22.7 Å². The Hall–Kier alpha value is -2.56. The standard InChI is InChI=1S/C18H20N2O3/c1-3-23-18(22)17-10-13-9-12(2)7-8-16(13)20(17)19-14-5-4-6-15(21)11-14/h7-11,19H,3-6H2,1-2H3. The summed E-state index contributed by atoms with van der Waals surface area (Å²) in [5, 5.41) is 0.961. The quantitative estimate of drug-likeness (QED) is 0.880. The Morgan fingerprint density at radius 3 is 2.87 bits per heavy atom. The maximum Gasteiger partial charge on any atom is 0.356 e. The molecule has 1 N–H and O–H groups in total. The van der Waals surface area contributed by atoms with E-state index in [-0.39, 0.29) is 11.8 Å². The van der Waals surface area contributed by atoms with Crippen LogP contribution in [0.4, 0.5) is 0 Å². The van der Waals surface area contributed by atoms with Gasteiger partial charge >= 0.3 is 5.97 Å². The number of fused-ring (bicyclic) bond motifs is 1. The first-order chi connectivity index (χ1) is 11.1. The third-order valence-corrected chi connectivity index (χ3v) is 3.90. The van der Waals surface area contributed by atoms with E-state index in [0.717, 1.165) is 35.0 Å². The molecule has 0 fully saturated rings. The lowest BCUT2D eigenvalue weighted by Crippen LogP contribution is -2.22. The Labute approximate surface area is 134 Å². The van der Waals surface area contributed by atoms with Gasteiger partial charge in [-0.2, -0.15) is 0 Å². The predicted molar refractivity (Wildman–Crippen MR) is 88.9 cm³/mol. The van der Waals surface area contributed by atoms with Gasteiger partial charge in [0.15, 0.2) is 5.78 Å². The van der Waals surface area contributed by atoms with E-state index in [1.807, 2.05) is 31.2 Å². The first-order valence-electron chi connectivity index (χ1n) is 7.88. The molecule has 1 aliphatic carbocycles. The van der Waals surface area contributed by atoms with Crippen LogP contribution in [-0.2, 0) is 9.53 Å². The fourth-order valence-corrected chi connectivity index (χ4v) is 2.83. The Balaban J connectivity index is 2.06. The number of aromatic nitrogens is 1. The number of ether oxygens (including phenoxy) is 1. The number of benzene rings is 1. The molecule has 5 heteroatoms. The van der Waals surface area contributed by atoms with Gasteiger partial charge in [0.25, 0.3) is 0 Å². The second-order valence-electron chi connectivity index (χ2n) is 5.75. The smallest absolute Gasteiger partial charge is 0.356 e. The molecule has 2 aromatic rings. The summed E-state index contributed by atoms with van der Waals surface area (Å²) in [5.74, 6) is -0.264. The van der Waals surface area contributed by atoms with E-state index in [4.69, 9.17) is 4.74 Å². The number of nitrogens with zero attached hydrogens (tertiary/aromatic N) is 1. The number of rotatable bonds is 4. The van der Waals surface area contributed by atoms with Gasteiger partial charge in [0, 0.05) is 23.6 Å². The van der Waals surface area contributed by atoms with Crippen molar-refractivity contribution in [1.29, 1.82) is 0 Å². The first-order valence-corrected chi connectivity index (χ1v) is 7.88. The zero-order valence-corrected chi connectivity index (χ0v) is 13.4. The third-order valence-electron chi connectivity index (χ3n) is 3.90. The predicted octanol–water partition coefficient (Wildman–Crippen LogP) is 3.31. The molecule has 0 aliphatic heterocycles. The van der Waals surface area contributed by atoms with Crippen LogP contribution in [0.1, 0.15) is 42.2 Å². The van der Waals surface area contributed by atoms with E-state index in [1.54, 1.807) is 17.7 Å². The summed E-state index contributed by atoms with van der Waals surface area (Å²) in [6.07, 6.45) is 3.82. The molecule has 5 nitrogen and oxygen atoms in total. The molecule has 1 aromatic carbocycles. The molecule has 0 atom stereocenters. The van der Waals surface area contributed by atoms with Crippen LogP contribution >= 0.6 is 0 Å². The van der Waals surface area contributed by atoms with Gasteiger partial charge < -0.3 is 4.74 Å². The number of ketones is 1. The van der Waals surface area contributed by atoms with Crippen LogP contribution in [0.3, 0.4) is 0 Å². The van der Waals surface area contributed by atoms with E-state index in [0.29, 0.717) is 18.7 Å². The minimum atomic E-state index is -0.378. The number of esters is 1. The second kappa shape index (κ2) is 6.28. The Morgan fingerprint density at radius 2 is 2.13 bits per heavy atom. The van der Waals surface area contributed by atoms with E-state index < -0.39 is 0 Å². The van der Waals surface area contributed by atoms with Crippen molar-refractivity contribution in [3.05, 3.63) is 47.3 Å². The van der Waals surface area contributed by atoms with Crippen LogP contribution in [0.2, 0.25) is 0 Å². The molecule has 0 unspecified atom stereocenters. The van der Waals surface area contributed by atoms with Crippen LogP contribution in [-0.4, -0.2) is 23.0 Å². The van der Waals surface area contributed by atoms with Crippen LogP contribution in [0.25, 0.3) is 10.9 Å². The van der Waals surface area contributed by atoms with E-state index in [1.165, 1.54) is 0 Å². The van der Waals surface area contributed by atoms with Gasteiger partial charge in [-0.3, -0.25) is 10.2 Å². The summed E-state index contributed by atoms with van der Waals surface area (Å²) >= 11 is 0. The maximum atomic E-state index is 12.3. The van der Waals surface area contributed by atoms with Gasteiger partial charge in [-0.25, -0.2) is 9.47 Å². The normalized spacial score (nSPS) is 14.7. The molecule has 1 aliphatic rings. The van der Waals surface area contributed by atoms with Crippen molar-refractivity contribution in [3.63, 3.8) is 0 Å². The van der Waals surface area contributed by atoms with E-state index >= 15 is 0 Å². The SMILES string of the molecule is CCOC(=O)c1cc2cc(C)ccc2n1NC1=CC(=O)CCC1. The molecule has 3 rings (SSSR count). The van der Waals surface area contributed by atoms with Gasteiger partial charge in [-0.15, -0.1) is 0 Å². The van der Waals surface area contributed by atoms with Crippen LogP contribution in [0.15, 0.2) is 36.0 Å². The molecule has 0 spiro atoms. The average molecular weight is 312 g/mol. The highest BCUT2D eigenvalue weighted by Gasteiger charge is 2.19. The molecule has 0 radical (unpaired) electrons. The van der Waals surface area contributed by atoms with Crippen molar-refractivity contribution < 1.29 is 14.3 Å². The molecule has 0 bridgehead atoms. The zero-order valence-electron chi connectivity index (χ0n) is 13.4. The first kappa shape index (κ1) is 15.3. The summed E-state index contributed by atoms with van der Waals surface area (Å²) in [7, 11) is 0. The van der Waals surface area contributed by atoms with Crippen molar-refractivity contribution in [2.45, 2.75) is 33.1 Å². The summed E-state index contributed by atoms with van der Waals surface area (Å²) in [4.78, 5) is 23.9. The molecule has 1 aromatic heterocycles. The number of nitrogens with one attached hydrogen (secondary N) is 1. The summed E-state index contributed by atoms with van der Waals surface area (Å²) < 4.78 is 6.87. The Morgan fingerprint density at radius 1 is 1.30 bits per heavy atom. The van der Waals surface area contributed by atoms with Gasteiger partial charge in [-0.1, -0.05) is 11.6 Å². The maximum absolute atomic E-state index is 12.3. The van der Waals surface area contributed by atoms with Crippen LogP contribution in [0.5, 0.6) is 0 Å². The van der Waals surface area contributed by atoms with Crippen molar-refractivity contribution in [2.75, 3.05) is 12.0 Å². The lowest BCUT2D eigenvalue weighted by molar-refractivity contribution is -0.115. The lowest BCUT2D eigenvalue weighted by Gasteiger charge is -2.18. The number of hydrogen-bond acceptors (Lipinski definition) is 4. The van der Waals surface area contributed by atoms with Crippen molar-refractivity contribution in [2.24, 2.45) is 0 Å². The summed E-state index contributed by atoms with van der Waals surface area (Å²) in [6, 6.07) is 7.80. The highest BCUT2D eigenvalue weighted by molar-refractivity contribution is 5.96. The highest BCUT2D eigenvalue weighted by atomic mass is 16.5. The number of carbonyl (C=O) groups is 2. The molecular formula is C18H20N2O3. The molecule has 1 heterocycles.